The highest BCUT2D eigenvalue weighted by Crippen LogP contribution is 2.41. The Morgan fingerprint density at radius 3 is 1.21 bits per heavy atom. The van der Waals surface area contributed by atoms with E-state index in [0.717, 1.165) is 224 Å². The van der Waals surface area contributed by atoms with Crippen LogP contribution in [0.3, 0.4) is 0 Å². The molecule has 1 atom stereocenters. The number of hydrogen-bond donors (Lipinski definition) is 9. The third-order valence-electron chi connectivity index (χ3n) is 21.4. The maximum absolute atomic E-state index is 5.37. The number of H-pyrrole nitrogens is 8. The van der Waals surface area contributed by atoms with Crippen molar-refractivity contribution in [1.82, 2.24) is 75.1 Å². The number of hydrogen-bond acceptors (Lipinski definition) is 10. The van der Waals surface area contributed by atoms with E-state index in [0.29, 0.717) is 11.4 Å². The Morgan fingerprint density at radius 1 is 0.321 bits per heavy atom. The molecule has 0 fully saturated rings. The molecule has 0 saturated heterocycles. The van der Waals surface area contributed by atoms with Gasteiger partial charge in [0, 0.05) is 127 Å². The first-order valence-corrected chi connectivity index (χ1v) is 37.2. The molecule has 32 bridgehead atoms. The van der Waals surface area contributed by atoms with Gasteiger partial charge in [0.05, 0.1) is 97.2 Å². The fourth-order valence-electron chi connectivity index (χ4n) is 15.9. The van der Waals surface area contributed by atoms with E-state index in [1.807, 2.05) is 24.3 Å². The molecule has 530 valence electrons. The van der Waals surface area contributed by atoms with E-state index in [1.165, 1.54) is 5.57 Å². The van der Waals surface area contributed by atoms with Crippen LogP contribution in [0.5, 0.6) is 0 Å². The van der Waals surface area contributed by atoms with E-state index < -0.39 is 0 Å². The topological polar surface area (TPSA) is 253 Å². The Labute approximate surface area is 638 Å². The van der Waals surface area contributed by atoms with Crippen LogP contribution in [0.4, 0.5) is 11.4 Å². The number of aryl methyl sites for hydroxylation is 1. The van der Waals surface area contributed by atoms with Crippen molar-refractivity contribution in [3.05, 3.63) is 319 Å². The number of aromatic amines is 8. The van der Waals surface area contributed by atoms with Gasteiger partial charge in [0.2, 0.25) is 0 Å². The SMILES string of the molecule is C/C1=c2\cc/c([nH]2)=C/C2=NC(=C(/c3c4nc(cc5ccc([nH]5)c(-c5ccc(N=Nc6ccc(-c7c8nc(cc9ccc([nH]9)c(-c9c%10nc(cc%11ccc([nH]%11)c(C)c%11nc(cc%12ccc9[nH]%12)C=C%11)C=C%10)c9nc(cc%10ccc7[nH]%10)C=C9)C=C8)cc6)cc5)c5nc(cc6ccc3[nH]6)C=C5)C=C4)c3ccc([nH]3)/C=C3/C=CC1N3)/C=C2. The standard InChI is InChI=1S/C94H64N18/c1-51-73-27-11-57(95-73)43-65-19-35-81(103-65)91(82-36-20-66(104-82)44-58-12-28-74(51)96-58)93-85-39-23-69(107-85)47-61-15-31-77(99-61)89(78-32-16-62(100-78)48-70-24-40-86(93)108-70)53-3-7-55(8-4-53)111-112-56-9-5-54(6-10-56)90-79-33-17-63(101-79)49-71-25-41-87(109-71)94(88-42-26-72(110-88)50-64-18-34-80(90)102-64)92-83-37-21-67(105-83)45-59-13-29-75(97-59)52(2)76-30-14-60(98-76)46-68-22-38-84(92)106-68/h3-50,73,95-97,99,101,103,106,108,110H,1-2H3/b57-43-,58-44-,59-45?,60-46?,61-47?,62-48?,63-49?,64-50?,67-45?,68-46?,69-47?,70-48?,71-49?,72-50?,74-51-,75-52?,76-52?,89-77?,89-78?,90-79?,90-80?,91-82+,92-83?,92-84?,93-85?,93-86?,94-87?,94-88?,112-111?. The minimum Gasteiger partial charge on any atom is -0.375 e. The molecule has 11 aromatic heterocycles. The molecular formula is C94H64N18. The largest absolute Gasteiger partial charge is 0.375 e. The van der Waals surface area contributed by atoms with Crippen molar-refractivity contribution in [3.63, 3.8) is 0 Å². The van der Waals surface area contributed by atoms with Crippen LogP contribution in [0, 0.1) is 6.92 Å². The first-order valence-electron chi connectivity index (χ1n) is 37.2. The number of aliphatic imine (C=N–C) groups is 1. The van der Waals surface area contributed by atoms with Crippen molar-refractivity contribution >= 4 is 179 Å². The fraction of sp³-hybridized carbons (Fsp3) is 0.0319. The summed E-state index contributed by atoms with van der Waals surface area (Å²) in [5.41, 5.74) is 36.3. The van der Waals surface area contributed by atoms with Crippen molar-refractivity contribution in [2.45, 2.75) is 19.9 Å². The summed E-state index contributed by atoms with van der Waals surface area (Å²) in [7, 11) is 0. The summed E-state index contributed by atoms with van der Waals surface area (Å²) < 4.78 is 0. The van der Waals surface area contributed by atoms with E-state index in [2.05, 4.69) is 326 Å². The van der Waals surface area contributed by atoms with E-state index in [1.54, 1.807) is 0 Å². The lowest BCUT2D eigenvalue weighted by atomic mass is 9.98. The zero-order chi connectivity index (χ0) is 74.1. The predicted molar refractivity (Wildman–Crippen MR) is 456 cm³/mol. The van der Waals surface area contributed by atoms with Gasteiger partial charge in [-0.3, -0.25) is 0 Å². The van der Waals surface area contributed by atoms with Gasteiger partial charge in [-0.25, -0.2) is 34.9 Å². The van der Waals surface area contributed by atoms with Gasteiger partial charge in [-0.05, 0) is 297 Å². The lowest BCUT2D eigenvalue weighted by Gasteiger charge is -2.12. The summed E-state index contributed by atoms with van der Waals surface area (Å²) in [6.45, 7) is 4.26. The number of benzene rings is 2. The smallest absolute Gasteiger partial charge is 0.0857 e. The summed E-state index contributed by atoms with van der Waals surface area (Å²) in [5, 5.41) is 15.3. The highest BCUT2D eigenvalue weighted by molar-refractivity contribution is 6.20. The lowest BCUT2D eigenvalue weighted by Crippen LogP contribution is -2.27. The van der Waals surface area contributed by atoms with Gasteiger partial charge >= 0.3 is 0 Å². The number of aromatic nitrogens is 14. The maximum Gasteiger partial charge on any atom is 0.0857 e. The summed E-state index contributed by atoms with van der Waals surface area (Å²) in [4.78, 5) is 66.6. The molecule has 9 aliphatic rings. The molecule has 0 radical (unpaired) electrons. The average molecular weight is 1450 g/mol. The van der Waals surface area contributed by atoms with Crippen molar-refractivity contribution in [2.75, 3.05) is 0 Å². The summed E-state index contributed by atoms with van der Waals surface area (Å²) in [6, 6.07) is 62.5. The summed E-state index contributed by atoms with van der Waals surface area (Å²) >= 11 is 0. The van der Waals surface area contributed by atoms with Gasteiger partial charge < -0.3 is 45.2 Å². The van der Waals surface area contributed by atoms with Crippen molar-refractivity contribution in [3.8, 4) is 33.4 Å². The molecule has 9 aliphatic heterocycles. The number of rotatable bonds is 6. The van der Waals surface area contributed by atoms with Gasteiger partial charge in [-0.2, -0.15) is 10.2 Å². The molecular weight excluding hydrogens is 1380 g/mol. The molecule has 13 aromatic rings. The Kier molecular flexibility index (Phi) is 14.6. The van der Waals surface area contributed by atoms with Crippen molar-refractivity contribution < 1.29 is 0 Å². The van der Waals surface area contributed by atoms with Crippen LogP contribution >= 0.6 is 0 Å². The van der Waals surface area contributed by atoms with Gasteiger partial charge in [-0.15, -0.1) is 0 Å². The molecule has 0 spiro atoms. The number of nitrogens with zero attached hydrogens (tertiary/aromatic N) is 9. The average Bonchev–Trinajstić information content (AvgIpc) is 1.62. The molecule has 0 saturated carbocycles. The summed E-state index contributed by atoms with van der Waals surface area (Å²) in [5.74, 6) is 0. The minimum atomic E-state index is 0.0658. The van der Waals surface area contributed by atoms with Crippen LogP contribution in [-0.2, 0) is 0 Å². The van der Waals surface area contributed by atoms with Crippen LogP contribution in [0.25, 0.3) is 196 Å². The van der Waals surface area contributed by atoms with Crippen LogP contribution in [0.15, 0.2) is 233 Å². The zero-order valence-electron chi connectivity index (χ0n) is 60.3. The number of nitrogens with one attached hydrogen (secondary N) is 9. The van der Waals surface area contributed by atoms with Crippen LogP contribution < -0.4 is 16.0 Å². The molecule has 9 N–H and O–H groups in total. The number of azo groups is 1. The molecule has 18 heteroatoms. The zero-order valence-corrected chi connectivity index (χ0v) is 60.3. The van der Waals surface area contributed by atoms with Gasteiger partial charge in [0.1, 0.15) is 0 Å². The Balaban J connectivity index is 0.582. The third-order valence-corrected chi connectivity index (χ3v) is 21.4. The Hall–Kier alpha value is -15.4. The second-order valence-corrected chi connectivity index (χ2v) is 28.8. The number of fused-ring (bicyclic) bond motifs is 31. The normalized spacial score (nSPS) is 16.9. The van der Waals surface area contributed by atoms with E-state index in [9.17, 15) is 0 Å². The van der Waals surface area contributed by atoms with Crippen molar-refractivity contribution in [2.24, 2.45) is 15.2 Å². The lowest BCUT2D eigenvalue weighted by molar-refractivity contribution is 0.852. The fourth-order valence-corrected chi connectivity index (χ4v) is 15.9. The Bertz CT molecular complexity index is 7420. The highest BCUT2D eigenvalue weighted by Gasteiger charge is 2.25. The third kappa shape index (κ3) is 11.7. The first-order chi connectivity index (χ1) is 55.1. The molecule has 20 heterocycles. The molecule has 0 aliphatic carbocycles. The van der Waals surface area contributed by atoms with Crippen LogP contribution in [-0.4, -0.2) is 81.5 Å². The molecule has 22 rings (SSSR count). The van der Waals surface area contributed by atoms with Crippen LogP contribution in [0.2, 0.25) is 0 Å². The second kappa shape index (κ2) is 25.6. The first kappa shape index (κ1) is 63.8. The van der Waals surface area contributed by atoms with Crippen LogP contribution in [0.1, 0.15) is 97.8 Å². The maximum atomic E-state index is 5.37. The number of allylic oxidation sites excluding steroid dienone is 3. The molecule has 1 unspecified atom stereocenters. The predicted octanol–water partition coefficient (Wildman–Crippen LogP) is 20.3. The second-order valence-electron chi connectivity index (χ2n) is 28.8. The molecule has 2 aromatic carbocycles. The van der Waals surface area contributed by atoms with Gasteiger partial charge in [-0.1, -0.05) is 30.3 Å². The van der Waals surface area contributed by atoms with Gasteiger partial charge in [0.15, 0.2) is 0 Å². The molecule has 18 nitrogen and oxygen atoms in total. The quantitative estimate of drug-likeness (QED) is 0.0727. The van der Waals surface area contributed by atoms with E-state index in [4.69, 9.17) is 45.1 Å². The van der Waals surface area contributed by atoms with Gasteiger partial charge in [0.25, 0.3) is 0 Å². The molecule has 0 amide bonds. The summed E-state index contributed by atoms with van der Waals surface area (Å²) in [6.07, 6.45) is 37.6. The monoisotopic (exact) mass is 1440 g/mol. The molecule has 112 heavy (non-hydrogen) atoms. The minimum absolute atomic E-state index is 0.0658. The highest BCUT2D eigenvalue weighted by atomic mass is 15.1. The van der Waals surface area contributed by atoms with Crippen molar-refractivity contribution in [1.29, 1.82) is 0 Å². The Morgan fingerprint density at radius 2 is 0.732 bits per heavy atom. The van der Waals surface area contributed by atoms with E-state index >= 15 is 0 Å². The van der Waals surface area contributed by atoms with E-state index in [-0.39, 0.29) is 6.04 Å².